The van der Waals surface area contributed by atoms with Crippen LogP contribution in [-0.4, -0.2) is 18.4 Å². The molecule has 5 heteroatoms. The molecular formula is C30H28N2O3. The quantitative estimate of drug-likeness (QED) is 0.297. The summed E-state index contributed by atoms with van der Waals surface area (Å²) >= 11 is 0. The minimum absolute atomic E-state index is 0.0693. The second-order valence-corrected chi connectivity index (χ2v) is 8.18. The van der Waals surface area contributed by atoms with E-state index in [0.717, 1.165) is 17.7 Å². The van der Waals surface area contributed by atoms with Crippen molar-refractivity contribution in [2.75, 3.05) is 17.2 Å². The Hall–Kier alpha value is -4.38. The van der Waals surface area contributed by atoms with Crippen molar-refractivity contribution in [2.24, 2.45) is 0 Å². The summed E-state index contributed by atoms with van der Waals surface area (Å²) < 4.78 is 5.79. The highest BCUT2D eigenvalue weighted by Crippen LogP contribution is 2.18. The first-order valence-corrected chi connectivity index (χ1v) is 11.7. The maximum atomic E-state index is 12.7. The third kappa shape index (κ3) is 7.57. The van der Waals surface area contributed by atoms with Crippen LogP contribution in [-0.2, 0) is 17.6 Å². The van der Waals surface area contributed by atoms with E-state index >= 15 is 0 Å². The molecule has 0 atom stereocenters. The monoisotopic (exact) mass is 464 g/mol. The molecule has 0 fully saturated rings. The van der Waals surface area contributed by atoms with Gasteiger partial charge in [0.1, 0.15) is 5.75 Å². The normalized spacial score (nSPS) is 10.4. The van der Waals surface area contributed by atoms with Gasteiger partial charge in [0.2, 0.25) is 5.91 Å². The van der Waals surface area contributed by atoms with Gasteiger partial charge in [0, 0.05) is 29.8 Å². The van der Waals surface area contributed by atoms with E-state index in [9.17, 15) is 9.59 Å². The summed E-state index contributed by atoms with van der Waals surface area (Å²) in [5, 5.41) is 5.78. The fraction of sp³-hybridized carbons (Fsp3) is 0.133. The third-order valence-electron chi connectivity index (χ3n) is 5.51. The molecule has 176 valence electrons. The van der Waals surface area contributed by atoms with Crippen LogP contribution in [0.3, 0.4) is 0 Å². The lowest BCUT2D eigenvalue weighted by Crippen LogP contribution is -2.14. The summed E-state index contributed by atoms with van der Waals surface area (Å²) in [6, 6.07) is 34.3. The predicted octanol–water partition coefficient (Wildman–Crippen LogP) is 6.13. The van der Waals surface area contributed by atoms with Crippen molar-refractivity contribution in [1.82, 2.24) is 0 Å². The van der Waals surface area contributed by atoms with Gasteiger partial charge < -0.3 is 15.4 Å². The third-order valence-corrected chi connectivity index (χ3v) is 5.51. The van der Waals surface area contributed by atoms with Crippen molar-refractivity contribution in [3.05, 3.63) is 126 Å². The number of anilines is 2. The van der Waals surface area contributed by atoms with E-state index < -0.39 is 0 Å². The number of benzene rings is 4. The highest BCUT2D eigenvalue weighted by Gasteiger charge is 2.08. The Morgan fingerprint density at radius 1 is 0.629 bits per heavy atom. The molecule has 0 bridgehead atoms. The fourth-order valence-electron chi connectivity index (χ4n) is 3.64. The average molecular weight is 465 g/mol. The van der Waals surface area contributed by atoms with Crippen molar-refractivity contribution >= 4 is 23.2 Å². The van der Waals surface area contributed by atoms with Crippen LogP contribution in [0.5, 0.6) is 5.75 Å². The molecule has 0 aliphatic carbocycles. The van der Waals surface area contributed by atoms with Gasteiger partial charge in [-0.3, -0.25) is 9.59 Å². The van der Waals surface area contributed by atoms with Crippen LogP contribution >= 0.6 is 0 Å². The number of amides is 2. The Kier molecular flexibility index (Phi) is 8.28. The average Bonchev–Trinajstić information content (AvgIpc) is 2.89. The van der Waals surface area contributed by atoms with Crippen molar-refractivity contribution in [3.8, 4) is 5.75 Å². The Morgan fingerprint density at radius 2 is 1.23 bits per heavy atom. The van der Waals surface area contributed by atoms with E-state index in [-0.39, 0.29) is 11.8 Å². The van der Waals surface area contributed by atoms with Crippen molar-refractivity contribution in [3.63, 3.8) is 0 Å². The highest BCUT2D eigenvalue weighted by atomic mass is 16.5. The number of hydrogen-bond acceptors (Lipinski definition) is 3. The van der Waals surface area contributed by atoms with Crippen LogP contribution in [0.25, 0.3) is 0 Å². The summed E-state index contributed by atoms with van der Waals surface area (Å²) in [5.41, 5.74) is 4.12. The number of aryl methyl sites for hydroxylation is 1. The zero-order valence-electron chi connectivity index (χ0n) is 19.4. The predicted molar refractivity (Wildman–Crippen MR) is 140 cm³/mol. The van der Waals surface area contributed by atoms with Gasteiger partial charge in [0.25, 0.3) is 5.91 Å². The maximum absolute atomic E-state index is 12.7. The first-order chi connectivity index (χ1) is 17.2. The minimum Gasteiger partial charge on any atom is -0.493 e. The molecule has 4 aromatic rings. The molecule has 0 unspecified atom stereocenters. The first kappa shape index (κ1) is 23.8. The Morgan fingerprint density at radius 3 is 1.89 bits per heavy atom. The summed E-state index contributed by atoms with van der Waals surface area (Å²) in [4.78, 5) is 25.0. The van der Waals surface area contributed by atoms with Gasteiger partial charge in [0.05, 0.1) is 6.61 Å². The van der Waals surface area contributed by atoms with Crippen molar-refractivity contribution in [2.45, 2.75) is 19.3 Å². The lowest BCUT2D eigenvalue weighted by atomic mass is 10.1. The molecule has 0 heterocycles. The van der Waals surface area contributed by atoms with Crippen molar-refractivity contribution < 1.29 is 14.3 Å². The topological polar surface area (TPSA) is 67.4 Å². The van der Waals surface area contributed by atoms with E-state index in [0.29, 0.717) is 36.4 Å². The number of ether oxygens (including phenoxy) is 1. The van der Waals surface area contributed by atoms with Gasteiger partial charge in [-0.05, 0) is 60.0 Å². The minimum atomic E-state index is -0.228. The molecule has 0 aliphatic rings. The summed E-state index contributed by atoms with van der Waals surface area (Å²) in [7, 11) is 0. The highest BCUT2D eigenvalue weighted by molar-refractivity contribution is 6.04. The van der Waals surface area contributed by atoms with Gasteiger partial charge in [0.15, 0.2) is 0 Å². The second kappa shape index (κ2) is 12.2. The van der Waals surface area contributed by atoms with Crippen LogP contribution < -0.4 is 15.4 Å². The first-order valence-electron chi connectivity index (χ1n) is 11.7. The number of rotatable bonds is 10. The Labute approximate surface area is 205 Å². The standard InChI is InChI=1S/C30H28N2O3/c33-29(19-14-23-8-3-1-4-9-23)31-26-12-7-13-27(22-26)32-30(34)25-15-17-28(18-16-25)35-21-20-24-10-5-2-6-11-24/h1-13,15-18,22H,14,19-21H2,(H,31,33)(H,32,34). The fourth-order valence-corrected chi connectivity index (χ4v) is 3.64. The summed E-state index contributed by atoms with van der Waals surface area (Å²) in [5.74, 6) is 0.422. The molecule has 35 heavy (non-hydrogen) atoms. The Bertz CT molecular complexity index is 1240. The molecule has 0 saturated heterocycles. The van der Waals surface area contributed by atoms with E-state index in [1.54, 1.807) is 48.5 Å². The molecule has 4 rings (SSSR count). The van der Waals surface area contributed by atoms with Crippen LogP contribution in [0.2, 0.25) is 0 Å². The van der Waals surface area contributed by atoms with Crippen LogP contribution in [0.4, 0.5) is 11.4 Å². The van der Waals surface area contributed by atoms with Gasteiger partial charge in [-0.1, -0.05) is 66.7 Å². The number of nitrogens with one attached hydrogen (secondary N) is 2. The summed E-state index contributed by atoms with van der Waals surface area (Å²) in [6.07, 6.45) is 1.89. The molecule has 4 aromatic carbocycles. The largest absolute Gasteiger partial charge is 0.493 e. The molecule has 5 nitrogen and oxygen atoms in total. The number of carbonyl (C=O) groups excluding carboxylic acids is 2. The van der Waals surface area contributed by atoms with E-state index in [2.05, 4.69) is 22.8 Å². The van der Waals surface area contributed by atoms with Crippen LogP contribution in [0, 0.1) is 0 Å². The molecule has 2 amide bonds. The zero-order valence-corrected chi connectivity index (χ0v) is 19.4. The van der Waals surface area contributed by atoms with Crippen LogP contribution in [0.15, 0.2) is 109 Å². The van der Waals surface area contributed by atoms with E-state index in [1.807, 2.05) is 48.5 Å². The Balaban J connectivity index is 1.26. The van der Waals surface area contributed by atoms with Gasteiger partial charge in [-0.25, -0.2) is 0 Å². The molecule has 0 radical (unpaired) electrons. The van der Waals surface area contributed by atoms with Gasteiger partial charge in [-0.15, -0.1) is 0 Å². The van der Waals surface area contributed by atoms with Gasteiger partial charge in [-0.2, -0.15) is 0 Å². The summed E-state index contributed by atoms with van der Waals surface area (Å²) in [6.45, 7) is 0.569. The van der Waals surface area contributed by atoms with Crippen molar-refractivity contribution in [1.29, 1.82) is 0 Å². The molecule has 2 N–H and O–H groups in total. The molecule has 0 spiro atoms. The van der Waals surface area contributed by atoms with Crippen LogP contribution in [0.1, 0.15) is 27.9 Å². The van der Waals surface area contributed by atoms with Gasteiger partial charge >= 0.3 is 0 Å². The molecule has 0 aliphatic heterocycles. The lowest BCUT2D eigenvalue weighted by molar-refractivity contribution is -0.116. The lowest BCUT2D eigenvalue weighted by Gasteiger charge is -2.10. The SMILES string of the molecule is O=C(CCc1ccccc1)Nc1cccc(NC(=O)c2ccc(OCCc3ccccc3)cc2)c1. The van der Waals surface area contributed by atoms with E-state index in [1.165, 1.54) is 5.56 Å². The number of carbonyl (C=O) groups is 2. The molecular weight excluding hydrogens is 436 g/mol. The maximum Gasteiger partial charge on any atom is 0.255 e. The number of hydrogen-bond donors (Lipinski definition) is 2. The zero-order chi connectivity index (χ0) is 24.3. The second-order valence-electron chi connectivity index (χ2n) is 8.18. The molecule has 0 aromatic heterocycles. The van der Waals surface area contributed by atoms with E-state index in [4.69, 9.17) is 4.74 Å². The smallest absolute Gasteiger partial charge is 0.255 e. The molecule has 0 saturated carbocycles.